The average molecular weight is 348 g/mol. The molecule has 1 unspecified atom stereocenters. The molecule has 1 atom stereocenters. The molecule has 0 saturated heterocycles. The molecule has 2 aromatic rings. The normalized spacial score (nSPS) is 12.0. The second kappa shape index (κ2) is 8.41. The first-order valence-corrected chi connectivity index (χ1v) is 6.58. The van der Waals surface area contributed by atoms with Gasteiger partial charge in [-0.3, -0.25) is 0 Å². The third-order valence-electron chi connectivity index (χ3n) is 2.89. The summed E-state index contributed by atoms with van der Waals surface area (Å²) in [7, 11) is 0. The first-order valence-electron chi connectivity index (χ1n) is 6.58. The van der Waals surface area contributed by atoms with Crippen LogP contribution < -0.4 is 44.1 Å². The SMILES string of the molecule is CC(Oc1ccc(Oc2ccc(C(F)(F)F)cc2)cc1)C(=O)[O-].[Na+]. The summed E-state index contributed by atoms with van der Waals surface area (Å²) in [5.41, 5.74) is -0.759. The number of ether oxygens (including phenoxy) is 2. The van der Waals surface area contributed by atoms with Crippen LogP contribution in [0, 0.1) is 0 Å². The van der Waals surface area contributed by atoms with E-state index in [0.29, 0.717) is 11.5 Å². The number of carbonyl (C=O) groups is 1. The molecule has 0 heterocycles. The maximum atomic E-state index is 12.5. The number of carboxylic acids is 1. The number of hydrogen-bond donors (Lipinski definition) is 0. The van der Waals surface area contributed by atoms with Crippen LogP contribution in [0.3, 0.4) is 0 Å². The maximum absolute atomic E-state index is 12.5. The zero-order valence-electron chi connectivity index (χ0n) is 13.0. The topological polar surface area (TPSA) is 58.6 Å². The summed E-state index contributed by atoms with van der Waals surface area (Å²) >= 11 is 0. The number of hydrogen-bond acceptors (Lipinski definition) is 4. The van der Waals surface area contributed by atoms with Gasteiger partial charge in [0.1, 0.15) is 23.4 Å². The van der Waals surface area contributed by atoms with E-state index in [4.69, 9.17) is 9.47 Å². The van der Waals surface area contributed by atoms with Crippen molar-refractivity contribution in [2.75, 3.05) is 0 Å². The molecule has 4 nitrogen and oxygen atoms in total. The van der Waals surface area contributed by atoms with Crippen LogP contribution in [-0.4, -0.2) is 12.1 Å². The summed E-state index contributed by atoms with van der Waals surface area (Å²) < 4.78 is 47.8. The van der Waals surface area contributed by atoms with Crippen LogP contribution in [0.15, 0.2) is 48.5 Å². The molecule has 0 aliphatic rings. The summed E-state index contributed by atoms with van der Waals surface area (Å²) in [5, 5.41) is 10.6. The average Bonchev–Trinajstić information content (AvgIpc) is 2.49. The first kappa shape index (κ1) is 20.3. The summed E-state index contributed by atoms with van der Waals surface area (Å²) in [4.78, 5) is 10.6. The van der Waals surface area contributed by atoms with E-state index in [2.05, 4.69) is 0 Å². The van der Waals surface area contributed by atoms with E-state index in [0.717, 1.165) is 12.1 Å². The summed E-state index contributed by atoms with van der Waals surface area (Å²) in [6, 6.07) is 10.3. The fourth-order valence-corrected chi connectivity index (χ4v) is 1.69. The molecule has 0 saturated carbocycles. The molecular formula is C16H12F3NaO4. The summed E-state index contributed by atoms with van der Waals surface area (Å²) in [5.74, 6) is -0.412. The van der Waals surface area contributed by atoms with Gasteiger partial charge in [0, 0.05) is 0 Å². The minimum absolute atomic E-state index is 0. The second-order valence-electron chi connectivity index (χ2n) is 4.67. The van der Waals surface area contributed by atoms with Crippen LogP contribution in [0.4, 0.5) is 13.2 Å². The molecule has 122 valence electrons. The Morgan fingerprint density at radius 3 is 1.79 bits per heavy atom. The van der Waals surface area contributed by atoms with E-state index in [1.807, 2.05) is 0 Å². The minimum atomic E-state index is -4.40. The predicted octanol–water partition coefficient (Wildman–Crippen LogP) is 0.0189. The van der Waals surface area contributed by atoms with E-state index in [1.54, 1.807) is 0 Å². The van der Waals surface area contributed by atoms with Crippen LogP contribution in [0.1, 0.15) is 12.5 Å². The van der Waals surface area contributed by atoms with E-state index in [-0.39, 0.29) is 35.3 Å². The standard InChI is InChI=1S/C16H13F3O4.Na/c1-10(15(20)21)22-12-6-8-14(9-7-12)23-13-4-2-11(3-5-13)16(17,18)19;/h2-10H,1H3,(H,20,21);/q;+1/p-1. The van der Waals surface area contributed by atoms with Crippen LogP contribution in [-0.2, 0) is 11.0 Å². The van der Waals surface area contributed by atoms with Crippen molar-refractivity contribution in [2.24, 2.45) is 0 Å². The Hall–Kier alpha value is -1.70. The number of rotatable bonds is 5. The molecule has 0 radical (unpaired) electrons. The van der Waals surface area contributed by atoms with Gasteiger partial charge in [0.05, 0.1) is 11.5 Å². The van der Waals surface area contributed by atoms with Gasteiger partial charge in [0.25, 0.3) is 0 Å². The summed E-state index contributed by atoms with van der Waals surface area (Å²) in [6.45, 7) is 1.34. The van der Waals surface area contributed by atoms with Gasteiger partial charge in [-0.2, -0.15) is 13.2 Å². The van der Waals surface area contributed by atoms with Crippen molar-refractivity contribution < 1.29 is 62.1 Å². The van der Waals surface area contributed by atoms with E-state index in [9.17, 15) is 23.1 Å². The van der Waals surface area contributed by atoms with Crippen molar-refractivity contribution in [1.29, 1.82) is 0 Å². The molecular weight excluding hydrogens is 336 g/mol. The molecule has 0 aromatic heterocycles. The molecule has 0 fully saturated rings. The Balaban J connectivity index is 0.00000288. The third-order valence-corrected chi connectivity index (χ3v) is 2.89. The Kier molecular flexibility index (Phi) is 7.13. The Labute approximate surface area is 158 Å². The van der Waals surface area contributed by atoms with Gasteiger partial charge in [-0.25, -0.2) is 0 Å². The second-order valence-corrected chi connectivity index (χ2v) is 4.67. The zero-order chi connectivity index (χ0) is 17.0. The predicted molar refractivity (Wildman–Crippen MR) is 73.1 cm³/mol. The first-order chi connectivity index (χ1) is 10.8. The van der Waals surface area contributed by atoms with Gasteiger partial charge >= 0.3 is 35.7 Å². The van der Waals surface area contributed by atoms with Gasteiger partial charge in [-0.05, 0) is 55.5 Å². The number of alkyl halides is 3. The molecule has 0 N–H and O–H groups in total. The van der Waals surface area contributed by atoms with Gasteiger partial charge in [0.2, 0.25) is 0 Å². The molecule has 0 spiro atoms. The molecule has 0 aliphatic carbocycles. The van der Waals surface area contributed by atoms with Crippen molar-refractivity contribution in [2.45, 2.75) is 19.2 Å². The molecule has 8 heteroatoms. The van der Waals surface area contributed by atoms with Gasteiger partial charge in [-0.1, -0.05) is 0 Å². The number of aliphatic carboxylic acids is 1. The molecule has 0 bridgehead atoms. The Bertz CT molecular complexity index is 669. The fraction of sp³-hybridized carbons (Fsp3) is 0.188. The molecule has 0 aliphatic heterocycles. The maximum Gasteiger partial charge on any atom is 1.00 e. The van der Waals surface area contributed by atoms with E-state index >= 15 is 0 Å². The van der Waals surface area contributed by atoms with Crippen molar-refractivity contribution in [3.05, 3.63) is 54.1 Å². The fourth-order valence-electron chi connectivity index (χ4n) is 1.69. The Morgan fingerprint density at radius 2 is 1.38 bits per heavy atom. The molecule has 0 amide bonds. The quantitative estimate of drug-likeness (QED) is 0.715. The Morgan fingerprint density at radius 1 is 0.958 bits per heavy atom. The number of benzene rings is 2. The van der Waals surface area contributed by atoms with Crippen molar-refractivity contribution >= 4 is 5.97 Å². The van der Waals surface area contributed by atoms with Gasteiger partial charge < -0.3 is 19.4 Å². The number of carboxylic acid groups (broad SMARTS) is 1. The van der Waals surface area contributed by atoms with Crippen molar-refractivity contribution in [3.8, 4) is 17.2 Å². The number of carbonyl (C=O) groups excluding carboxylic acids is 1. The van der Waals surface area contributed by atoms with Crippen LogP contribution >= 0.6 is 0 Å². The van der Waals surface area contributed by atoms with Crippen LogP contribution in [0.2, 0.25) is 0 Å². The van der Waals surface area contributed by atoms with Gasteiger partial charge in [0.15, 0.2) is 0 Å². The van der Waals surface area contributed by atoms with Crippen LogP contribution in [0.25, 0.3) is 0 Å². The van der Waals surface area contributed by atoms with Crippen molar-refractivity contribution in [3.63, 3.8) is 0 Å². The molecule has 24 heavy (non-hydrogen) atoms. The third kappa shape index (κ3) is 5.74. The monoisotopic (exact) mass is 348 g/mol. The van der Waals surface area contributed by atoms with Crippen LogP contribution in [0.5, 0.6) is 17.2 Å². The summed E-state index contributed by atoms with van der Waals surface area (Å²) in [6.07, 6.45) is -5.50. The zero-order valence-corrected chi connectivity index (χ0v) is 15.0. The minimum Gasteiger partial charge on any atom is -0.546 e. The van der Waals surface area contributed by atoms with E-state index < -0.39 is 23.8 Å². The van der Waals surface area contributed by atoms with Gasteiger partial charge in [-0.15, -0.1) is 0 Å². The smallest absolute Gasteiger partial charge is 0.546 e. The molecule has 2 aromatic carbocycles. The largest absolute Gasteiger partial charge is 1.00 e. The number of halogens is 3. The molecule has 2 rings (SSSR count). The van der Waals surface area contributed by atoms with E-state index in [1.165, 1.54) is 43.3 Å². The van der Waals surface area contributed by atoms with Crippen molar-refractivity contribution in [1.82, 2.24) is 0 Å².